The van der Waals surface area contributed by atoms with E-state index >= 15 is 0 Å². The Kier molecular flexibility index (Phi) is 3.37. The van der Waals surface area contributed by atoms with E-state index < -0.39 is 0 Å². The van der Waals surface area contributed by atoms with Gasteiger partial charge in [0.2, 0.25) is 0 Å². The van der Waals surface area contributed by atoms with E-state index in [1.165, 1.54) is 0 Å². The third kappa shape index (κ3) is 1.92. The van der Waals surface area contributed by atoms with Crippen molar-refractivity contribution in [1.82, 2.24) is 4.90 Å². The molecule has 0 spiro atoms. The minimum atomic E-state index is 0.0852. The van der Waals surface area contributed by atoms with Gasteiger partial charge in [-0.2, -0.15) is 11.8 Å². The summed E-state index contributed by atoms with van der Waals surface area (Å²) in [5.74, 6) is 0. The second kappa shape index (κ2) is 3.94. The molecule has 0 bridgehead atoms. The van der Waals surface area contributed by atoms with Gasteiger partial charge in [-0.3, -0.25) is 0 Å². The van der Waals surface area contributed by atoms with Crippen LogP contribution in [0.5, 0.6) is 0 Å². The van der Waals surface area contributed by atoms with Gasteiger partial charge in [-0.15, -0.1) is 0 Å². The fraction of sp³-hybridized carbons (Fsp3) is 0.875. The SMILES string of the molecule is CSC1(C(N)=S)CCN(C)CC1. The number of thioether (sulfide) groups is 1. The molecule has 1 heterocycles. The molecule has 1 rings (SSSR count). The molecule has 1 aliphatic heterocycles. The average Bonchev–Trinajstić information content (AvgIpc) is 2.06. The van der Waals surface area contributed by atoms with E-state index in [0.29, 0.717) is 4.99 Å². The van der Waals surface area contributed by atoms with E-state index in [9.17, 15) is 0 Å². The van der Waals surface area contributed by atoms with Crippen molar-refractivity contribution in [3.8, 4) is 0 Å². The fourth-order valence-corrected chi connectivity index (χ4v) is 2.78. The summed E-state index contributed by atoms with van der Waals surface area (Å²) in [5, 5.41) is 0. The van der Waals surface area contributed by atoms with Crippen molar-refractivity contribution in [3.05, 3.63) is 0 Å². The van der Waals surface area contributed by atoms with Gasteiger partial charge in [0.15, 0.2) is 0 Å². The molecule has 1 saturated heterocycles. The largest absolute Gasteiger partial charge is 0.392 e. The van der Waals surface area contributed by atoms with Gasteiger partial charge in [0.05, 0.1) is 9.74 Å². The summed E-state index contributed by atoms with van der Waals surface area (Å²) >= 11 is 6.91. The molecule has 4 heteroatoms. The number of nitrogens with two attached hydrogens (primary N) is 1. The highest BCUT2D eigenvalue weighted by Crippen LogP contribution is 2.34. The Labute approximate surface area is 83.9 Å². The molecule has 1 aliphatic rings. The van der Waals surface area contributed by atoms with Crippen LogP contribution in [0.15, 0.2) is 0 Å². The Morgan fingerprint density at radius 3 is 2.33 bits per heavy atom. The number of thiocarbonyl (C=S) groups is 1. The van der Waals surface area contributed by atoms with Gasteiger partial charge in [-0.25, -0.2) is 0 Å². The van der Waals surface area contributed by atoms with Gasteiger partial charge in [0, 0.05) is 0 Å². The van der Waals surface area contributed by atoms with E-state index in [0.717, 1.165) is 25.9 Å². The lowest BCUT2D eigenvalue weighted by Gasteiger charge is -2.38. The molecule has 0 saturated carbocycles. The second-order valence-electron chi connectivity index (χ2n) is 3.37. The lowest BCUT2D eigenvalue weighted by molar-refractivity contribution is 0.266. The van der Waals surface area contributed by atoms with Crippen LogP contribution >= 0.6 is 24.0 Å². The van der Waals surface area contributed by atoms with Crippen molar-refractivity contribution in [2.45, 2.75) is 17.6 Å². The smallest absolute Gasteiger partial charge is 0.0891 e. The zero-order chi connectivity index (χ0) is 9.19. The molecule has 2 nitrogen and oxygen atoms in total. The molecule has 70 valence electrons. The number of piperidine rings is 1. The van der Waals surface area contributed by atoms with Crippen LogP contribution in [-0.4, -0.2) is 41.0 Å². The number of hydrogen-bond acceptors (Lipinski definition) is 3. The van der Waals surface area contributed by atoms with Gasteiger partial charge in [0.25, 0.3) is 0 Å². The van der Waals surface area contributed by atoms with Crippen LogP contribution in [0, 0.1) is 0 Å². The molecule has 0 aromatic carbocycles. The predicted octanol–water partition coefficient (Wildman–Crippen LogP) is 1.10. The van der Waals surface area contributed by atoms with Gasteiger partial charge in [0.1, 0.15) is 0 Å². The van der Waals surface area contributed by atoms with Gasteiger partial charge < -0.3 is 10.6 Å². The molecule has 0 radical (unpaired) electrons. The summed E-state index contributed by atoms with van der Waals surface area (Å²) < 4.78 is 0.0852. The summed E-state index contributed by atoms with van der Waals surface area (Å²) in [7, 11) is 2.14. The van der Waals surface area contributed by atoms with Crippen molar-refractivity contribution < 1.29 is 0 Å². The Balaban J connectivity index is 2.63. The maximum absolute atomic E-state index is 5.75. The molecule has 2 N–H and O–H groups in total. The van der Waals surface area contributed by atoms with Crippen molar-refractivity contribution >= 4 is 29.0 Å². The Morgan fingerprint density at radius 2 is 2.00 bits per heavy atom. The van der Waals surface area contributed by atoms with E-state index in [2.05, 4.69) is 18.2 Å². The van der Waals surface area contributed by atoms with Crippen LogP contribution < -0.4 is 5.73 Å². The normalized spacial score (nSPS) is 23.8. The highest BCUT2D eigenvalue weighted by Gasteiger charge is 2.35. The summed E-state index contributed by atoms with van der Waals surface area (Å²) in [6.07, 6.45) is 4.30. The van der Waals surface area contributed by atoms with Crippen molar-refractivity contribution in [1.29, 1.82) is 0 Å². The summed E-state index contributed by atoms with van der Waals surface area (Å²) in [6.45, 7) is 2.22. The van der Waals surface area contributed by atoms with E-state index in [-0.39, 0.29) is 4.75 Å². The van der Waals surface area contributed by atoms with Crippen LogP contribution in [0.25, 0.3) is 0 Å². The molecule has 0 amide bonds. The molecule has 0 atom stereocenters. The molecule has 0 unspecified atom stereocenters. The van der Waals surface area contributed by atoms with Crippen LogP contribution in [0.4, 0.5) is 0 Å². The first-order valence-electron chi connectivity index (χ1n) is 4.14. The minimum Gasteiger partial charge on any atom is -0.392 e. The monoisotopic (exact) mass is 204 g/mol. The second-order valence-corrected chi connectivity index (χ2v) is 5.00. The third-order valence-electron chi connectivity index (χ3n) is 2.63. The number of nitrogens with zero attached hydrogens (tertiary/aromatic N) is 1. The van der Waals surface area contributed by atoms with Crippen LogP contribution in [0.1, 0.15) is 12.8 Å². The first-order valence-corrected chi connectivity index (χ1v) is 5.77. The topological polar surface area (TPSA) is 29.3 Å². The highest BCUT2D eigenvalue weighted by molar-refractivity contribution is 8.01. The fourth-order valence-electron chi connectivity index (χ4n) is 1.53. The summed E-state index contributed by atoms with van der Waals surface area (Å²) in [5.41, 5.74) is 5.75. The van der Waals surface area contributed by atoms with Crippen molar-refractivity contribution in [2.75, 3.05) is 26.4 Å². The van der Waals surface area contributed by atoms with E-state index in [1.807, 2.05) is 11.8 Å². The lowest BCUT2D eigenvalue weighted by atomic mass is 9.96. The Hall–Kier alpha value is 0.200. The van der Waals surface area contributed by atoms with Crippen molar-refractivity contribution in [3.63, 3.8) is 0 Å². The Bertz CT molecular complexity index is 174. The van der Waals surface area contributed by atoms with Crippen LogP contribution in [0.2, 0.25) is 0 Å². The molecule has 12 heavy (non-hydrogen) atoms. The van der Waals surface area contributed by atoms with Gasteiger partial charge in [-0.05, 0) is 39.2 Å². The van der Waals surface area contributed by atoms with Crippen LogP contribution in [-0.2, 0) is 0 Å². The maximum atomic E-state index is 5.75. The number of rotatable bonds is 2. The van der Waals surface area contributed by atoms with E-state index in [4.69, 9.17) is 18.0 Å². The quantitative estimate of drug-likeness (QED) is 0.682. The van der Waals surface area contributed by atoms with E-state index in [1.54, 1.807) is 0 Å². The minimum absolute atomic E-state index is 0.0852. The molecule has 0 aromatic rings. The van der Waals surface area contributed by atoms with Gasteiger partial charge >= 0.3 is 0 Å². The molecule has 0 aliphatic carbocycles. The van der Waals surface area contributed by atoms with Crippen molar-refractivity contribution in [2.24, 2.45) is 5.73 Å². The average molecular weight is 204 g/mol. The standard InChI is InChI=1S/C8H16N2S2/c1-10-5-3-8(12-2,4-6-10)7(9)11/h3-6H2,1-2H3,(H2,9,11). The predicted molar refractivity (Wildman–Crippen MR) is 59.8 cm³/mol. The molecular formula is C8H16N2S2. The maximum Gasteiger partial charge on any atom is 0.0891 e. The Morgan fingerprint density at radius 1 is 1.50 bits per heavy atom. The zero-order valence-corrected chi connectivity index (χ0v) is 9.30. The molecular weight excluding hydrogens is 188 g/mol. The number of hydrogen-bond donors (Lipinski definition) is 1. The molecule has 1 fully saturated rings. The first kappa shape index (κ1) is 10.3. The zero-order valence-electron chi connectivity index (χ0n) is 7.67. The molecule has 0 aromatic heterocycles. The number of likely N-dealkylation sites (tertiary alicyclic amines) is 1. The van der Waals surface area contributed by atoms with Crippen LogP contribution in [0.3, 0.4) is 0 Å². The first-order chi connectivity index (χ1) is 5.60. The third-order valence-corrected chi connectivity index (χ3v) is 4.56. The van der Waals surface area contributed by atoms with Gasteiger partial charge in [-0.1, -0.05) is 12.2 Å². The summed E-state index contributed by atoms with van der Waals surface area (Å²) in [6, 6.07) is 0. The highest BCUT2D eigenvalue weighted by atomic mass is 32.2. The summed E-state index contributed by atoms with van der Waals surface area (Å²) in [4.78, 5) is 3.01. The lowest BCUT2D eigenvalue weighted by Crippen LogP contribution is -2.48.